The van der Waals surface area contributed by atoms with E-state index in [1.807, 2.05) is 24.3 Å². The van der Waals surface area contributed by atoms with Gasteiger partial charge in [0.1, 0.15) is 12.3 Å². The van der Waals surface area contributed by atoms with Gasteiger partial charge in [0.2, 0.25) is 5.91 Å². The van der Waals surface area contributed by atoms with Crippen LogP contribution in [-0.2, 0) is 21.4 Å². The molecule has 8 heteroatoms. The molecule has 0 atom stereocenters. The minimum Gasteiger partial charge on any atom is -0.497 e. The molecule has 0 aromatic heterocycles. The Balaban J connectivity index is 1.47. The molecular formula is C26H29N3O4S. The second kappa shape index (κ2) is 10.7. The first-order chi connectivity index (χ1) is 16.5. The first-order valence-electron chi connectivity index (χ1n) is 11.2. The van der Waals surface area contributed by atoms with E-state index >= 15 is 0 Å². The van der Waals surface area contributed by atoms with Crippen LogP contribution in [0.1, 0.15) is 5.56 Å². The molecule has 1 fully saturated rings. The van der Waals surface area contributed by atoms with Crippen LogP contribution in [0.4, 0.5) is 5.69 Å². The highest BCUT2D eigenvalue weighted by Crippen LogP contribution is 2.25. The van der Waals surface area contributed by atoms with Gasteiger partial charge in [-0.1, -0.05) is 48.5 Å². The predicted octanol–water partition coefficient (Wildman–Crippen LogP) is 3.23. The third-order valence-corrected chi connectivity index (χ3v) is 7.73. The monoisotopic (exact) mass is 479 g/mol. The lowest BCUT2D eigenvalue weighted by Crippen LogP contribution is -2.51. The van der Waals surface area contributed by atoms with Gasteiger partial charge in [0.05, 0.1) is 17.7 Å². The van der Waals surface area contributed by atoms with E-state index in [1.165, 1.54) is 29.1 Å². The summed E-state index contributed by atoms with van der Waals surface area (Å²) >= 11 is 0. The summed E-state index contributed by atoms with van der Waals surface area (Å²) in [6.45, 7) is 3.21. The molecule has 1 heterocycles. The van der Waals surface area contributed by atoms with Crippen molar-refractivity contribution in [3.05, 3.63) is 90.5 Å². The zero-order chi connectivity index (χ0) is 24.0. The van der Waals surface area contributed by atoms with Gasteiger partial charge in [0.25, 0.3) is 10.0 Å². The van der Waals surface area contributed by atoms with Crippen molar-refractivity contribution in [1.82, 2.24) is 9.80 Å². The van der Waals surface area contributed by atoms with Gasteiger partial charge in [0.15, 0.2) is 0 Å². The van der Waals surface area contributed by atoms with Gasteiger partial charge in [-0.3, -0.25) is 14.0 Å². The number of hydrogen-bond donors (Lipinski definition) is 0. The lowest BCUT2D eigenvalue weighted by Gasteiger charge is -2.36. The molecule has 0 saturated carbocycles. The quantitative estimate of drug-likeness (QED) is 0.496. The molecule has 3 aromatic carbocycles. The fourth-order valence-electron chi connectivity index (χ4n) is 4.00. The summed E-state index contributed by atoms with van der Waals surface area (Å²) < 4.78 is 33.4. The Morgan fingerprint density at radius 1 is 0.853 bits per heavy atom. The molecule has 1 aliphatic heterocycles. The molecule has 1 saturated heterocycles. The third-order valence-electron chi connectivity index (χ3n) is 5.94. The van der Waals surface area contributed by atoms with Crippen molar-refractivity contribution in [2.24, 2.45) is 0 Å². The van der Waals surface area contributed by atoms with E-state index < -0.39 is 10.0 Å². The molecule has 1 aliphatic rings. The van der Waals surface area contributed by atoms with E-state index in [2.05, 4.69) is 17.0 Å². The second-order valence-electron chi connectivity index (χ2n) is 8.17. The minimum atomic E-state index is -3.94. The normalized spacial score (nSPS) is 14.6. The molecule has 3 aromatic rings. The van der Waals surface area contributed by atoms with Crippen LogP contribution >= 0.6 is 0 Å². The van der Waals surface area contributed by atoms with Gasteiger partial charge >= 0.3 is 0 Å². The number of rotatable bonds is 8. The molecule has 1 amide bonds. The van der Waals surface area contributed by atoms with Crippen LogP contribution in [0.25, 0.3) is 0 Å². The average molecular weight is 480 g/mol. The van der Waals surface area contributed by atoms with Crippen molar-refractivity contribution < 1.29 is 17.9 Å². The van der Waals surface area contributed by atoms with Crippen LogP contribution < -0.4 is 9.04 Å². The maximum Gasteiger partial charge on any atom is 0.264 e. The number of methoxy groups -OCH3 is 1. The number of amides is 1. The summed E-state index contributed by atoms with van der Waals surface area (Å²) in [5.41, 5.74) is 1.69. The van der Waals surface area contributed by atoms with Crippen LogP contribution in [0.2, 0.25) is 0 Å². The van der Waals surface area contributed by atoms with Gasteiger partial charge in [-0.05, 0) is 42.0 Å². The Kier molecular flexibility index (Phi) is 7.49. The van der Waals surface area contributed by atoms with E-state index in [1.54, 1.807) is 41.3 Å². The van der Waals surface area contributed by atoms with E-state index in [9.17, 15) is 13.2 Å². The molecular weight excluding hydrogens is 450 g/mol. The van der Waals surface area contributed by atoms with Crippen molar-refractivity contribution >= 4 is 21.6 Å². The summed E-state index contributed by atoms with van der Waals surface area (Å²) in [5, 5.41) is 0. The van der Waals surface area contributed by atoms with Crippen molar-refractivity contribution in [2.75, 3.05) is 44.1 Å². The number of anilines is 1. The summed E-state index contributed by atoms with van der Waals surface area (Å²) in [4.78, 5) is 17.4. The molecule has 34 heavy (non-hydrogen) atoms. The number of piperazine rings is 1. The highest BCUT2D eigenvalue weighted by atomic mass is 32.2. The Bertz CT molecular complexity index is 1180. The molecule has 0 spiro atoms. The number of carbonyl (C=O) groups excluding carboxylic acids is 1. The zero-order valence-electron chi connectivity index (χ0n) is 19.2. The first kappa shape index (κ1) is 23.8. The summed E-state index contributed by atoms with van der Waals surface area (Å²) in [6.07, 6.45) is 0. The van der Waals surface area contributed by atoms with Crippen LogP contribution in [0, 0.1) is 0 Å². The SMILES string of the molecule is COc1ccc(S(=O)(=O)N(CC(=O)N2CCN(Cc3ccccc3)CC2)c2ccccc2)cc1. The fraction of sp³-hybridized carbons (Fsp3) is 0.269. The topological polar surface area (TPSA) is 70.2 Å². The van der Waals surface area contributed by atoms with Crippen LogP contribution in [0.5, 0.6) is 5.75 Å². The van der Waals surface area contributed by atoms with Crippen LogP contribution in [-0.4, -0.2) is 64.0 Å². The Morgan fingerprint density at radius 3 is 2.03 bits per heavy atom. The number of carbonyl (C=O) groups is 1. The van der Waals surface area contributed by atoms with Crippen LogP contribution in [0.3, 0.4) is 0 Å². The molecule has 0 radical (unpaired) electrons. The van der Waals surface area contributed by atoms with Gasteiger partial charge in [-0.25, -0.2) is 8.42 Å². The van der Waals surface area contributed by atoms with Crippen LogP contribution in [0.15, 0.2) is 89.8 Å². The maximum absolute atomic E-state index is 13.5. The smallest absolute Gasteiger partial charge is 0.264 e. The van der Waals surface area contributed by atoms with Gasteiger partial charge in [0, 0.05) is 32.7 Å². The number of ether oxygens (including phenoxy) is 1. The Morgan fingerprint density at radius 2 is 1.44 bits per heavy atom. The van der Waals surface area contributed by atoms with E-state index in [-0.39, 0.29) is 17.3 Å². The lowest BCUT2D eigenvalue weighted by molar-refractivity contribution is -0.131. The van der Waals surface area contributed by atoms with E-state index in [0.717, 1.165) is 19.6 Å². The molecule has 0 aliphatic carbocycles. The third kappa shape index (κ3) is 5.58. The van der Waals surface area contributed by atoms with Gasteiger partial charge in [-0.15, -0.1) is 0 Å². The average Bonchev–Trinajstić information content (AvgIpc) is 2.88. The van der Waals surface area contributed by atoms with E-state index in [0.29, 0.717) is 24.5 Å². The molecule has 0 bridgehead atoms. The number of nitrogens with zero attached hydrogens (tertiary/aromatic N) is 3. The minimum absolute atomic E-state index is 0.109. The molecule has 0 N–H and O–H groups in total. The second-order valence-corrected chi connectivity index (χ2v) is 10.0. The Hall–Kier alpha value is -3.36. The number of hydrogen-bond acceptors (Lipinski definition) is 5. The zero-order valence-corrected chi connectivity index (χ0v) is 20.0. The number of para-hydroxylation sites is 1. The number of benzene rings is 3. The predicted molar refractivity (Wildman–Crippen MR) is 132 cm³/mol. The summed E-state index contributed by atoms with van der Waals surface area (Å²) in [5.74, 6) is 0.356. The Labute approximate surface area is 201 Å². The summed E-state index contributed by atoms with van der Waals surface area (Å²) in [7, 11) is -2.42. The van der Waals surface area contributed by atoms with Gasteiger partial charge in [-0.2, -0.15) is 0 Å². The first-order valence-corrected chi connectivity index (χ1v) is 12.7. The van der Waals surface area contributed by atoms with Crippen molar-refractivity contribution in [3.8, 4) is 5.75 Å². The standard InChI is InChI=1S/C26H29N3O4S/c1-33-24-12-14-25(15-13-24)34(31,32)29(23-10-6-3-7-11-23)21-26(30)28-18-16-27(17-19-28)20-22-8-4-2-5-9-22/h2-15H,16-21H2,1H3. The molecule has 4 rings (SSSR count). The molecule has 7 nitrogen and oxygen atoms in total. The van der Waals surface area contributed by atoms with Crippen molar-refractivity contribution in [1.29, 1.82) is 0 Å². The number of sulfonamides is 1. The van der Waals surface area contributed by atoms with Gasteiger partial charge < -0.3 is 9.64 Å². The highest BCUT2D eigenvalue weighted by Gasteiger charge is 2.30. The molecule has 178 valence electrons. The largest absolute Gasteiger partial charge is 0.497 e. The fourth-order valence-corrected chi connectivity index (χ4v) is 5.42. The van der Waals surface area contributed by atoms with E-state index in [4.69, 9.17) is 4.74 Å². The lowest BCUT2D eigenvalue weighted by atomic mass is 10.2. The van der Waals surface area contributed by atoms with Crippen molar-refractivity contribution in [3.63, 3.8) is 0 Å². The molecule has 0 unspecified atom stereocenters. The highest BCUT2D eigenvalue weighted by molar-refractivity contribution is 7.92. The maximum atomic E-state index is 13.5. The van der Waals surface area contributed by atoms with Crippen molar-refractivity contribution in [2.45, 2.75) is 11.4 Å². The summed E-state index contributed by atoms with van der Waals surface area (Å²) in [6, 6.07) is 25.2.